The van der Waals surface area contributed by atoms with E-state index in [0.717, 1.165) is 0 Å². The summed E-state index contributed by atoms with van der Waals surface area (Å²) in [5.41, 5.74) is 0. The Hall–Kier alpha value is -0.990. The highest BCUT2D eigenvalue weighted by Gasteiger charge is 2.43. The van der Waals surface area contributed by atoms with Crippen molar-refractivity contribution in [2.45, 2.75) is 51.8 Å². The fourth-order valence-electron chi connectivity index (χ4n) is 1.91. The van der Waals surface area contributed by atoms with E-state index < -0.39 is 44.4 Å². The molecule has 20 heavy (non-hydrogen) atoms. The molecule has 10 heteroatoms. The highest BCUT2D eigenvalue weighted by atomic mass is 31.2. The van der Waals surface area contributed by atoms with Crippen molar-refractivity contribution in [3.05, 3.63) is 0 Å². The molecule has 0 aromatic heterocycles. The molecule has 0 radical (unpaired) electrons. The molecule has 0 aromatic carbocycles. The largest absolute Gasteiger partial charge is 0.471 e. The zero-order valence-electron chi connectivity index (χ0n) is 11.2. The van der Waals surface area contributed by atoms with Crippen molar-refractivity contribution >= 4 is 19.8 Å². The van der Waals surface area contributed by atoms with Gasteiger partial charge in [-0.2, -0.15) is 0 Å². The summed E-state index contributed by atoms with van der Waals surface area (Å²) < 4.78 is 30.4. The third kappa shape index (κ3) is 5.56. The number of ether oxygens (including phenoxy) is 3. The lowest BCUT2D eigenvalue weighted by Crippen LogP contribution is -2.51. The van der Waals surface area contributed by atoms with E-state index in [4.69, 9.17) is 24.0 Å². The number of phosphoric acid groups is 1. The topological polar surface area (TPSA) is 129 Å². The predicted molar refractivity (Wildman–Crippen MR) is 63.2 cm³/mol. The average molecular weight is 312 g/mol. The van der Waals surface area contributed by atoms with Gasteiger partial charge in [0, 0.05) is 20.3 Å². The number of rotatable bonds is 4. The molecule has 1 aliphatic rings. The lowest BCUT2D eigenvalue weighted by molar-refractivity contribution is -0.236. The van der Waals surface area contributed by atoms with Crippen molar-refractivity contribution < 1.29 is 42.7 Å². The Labute approximate surface area is 115 Å². The highest BCUT2D eigenvalue weighted by molar-refractivity contribution is 7.46. The van der Waals surface area contributed by atoms with Crippen molar-refractivity contribution in [1.82, 2.24) is 0 Å². The first-order chi connectivity index (χ1) is 9.08. The van der Waals surface area contributed by atoms with Gasteiger partial charge in [0.2, 0.25) is 0 Å². The fraction of sp³-hybridized carbons (Fsp3) is 0.800. The molecule has 0 saturated carbocycles. The SMILES string of the molecule is CC(=O)O[C@@H]1[C@H](C)O[C@@H](OP(=O)(O)O)C[C@@H]1OC(C)=O. The molecule has 1 saturated heterocycles. The summed E-state index contributed by atoms with van der Waals surface area (Å²) >= 11 is 0. The van der Waals surface area contributed by atoms with Gasteiger partial charge in [-0.25, -0.2) is 4.57 Å². The van der Waals surface area contributed by atoms with Crippen LogP contribution in [0.25, 0.3) is 0 Å². The Morgan fingerprint density at radius 1 is 1.20 bits per heavy atom. The maximum Gasteiger partial charge on any atom is 0.471 e. The van der Waals surface area contributed by atoms with E-state index in [1.54, 1.807) is 0 Å². The van der Waals surface area contributed by atoms with Gasteiger partial charge in [-0.3, -0.25) is 14.1 Å². The first-order valence-corrected chi connectivity index (χ1v) is 7.35. The smallest absolute Gasteiger partial charge is 0.458 e. The van der Waals surface area contributed by atoms with Gasteiger partial charge < -0.3 is 24.0 Å². The fourth-order valence-corrected chi connectivity index (χ4v) is 2.35. The lowest BCUT2D eigenvalue weighted by atomic mass is 10.0. The molecule has 9 nitrogen and oxygen atoms in total. The van der Waals surface area contributed by atoms with E-state index in [0.29, 0.717) is 0 Å². The van der Waals surface area contributed by atoms with Gasteiger partial charge in [-0.05, 0) is 6.92 Å². The minimum atomic E-state index is -4.74. The normalized spacial score (nSPS) is 30.6. The maximum atomic E-state index is 11.0. The quantitative estimate of drug-likeness (QED) is 0.548. The van der Waals surface area contributed by atoms with Crippen LogP contribution in [0.1, 0.15) is 27.2 Å². The zero-order chi connectivity index (χ0) is 15.5. The first-order valence-electron chi connectivity index (χ1n) is 5.82. The van der Waals surface area contributed by atoms with Crippen LogP contribution in [-0.2, 0) is 32.9 Å². The average Bonchev–Trinajstić information content (AvgIpc) is 2.19. The van der Waals surface area contributed by atoms with Crippen LogP contribution in [0.2, 0.25) is 0 Å². The lowest BCUT2D eigenvalue weighted by Gasteiger charge is -2.38. The van der Waals surface area contributed by atoms with Gasteiger partial charge in [0.25, 0.3) is 0 Å². The second kappa shape index (κ2) is 6.64. The molecular formula is C10H17O9P. The van der Waals surface area contributed by atoms with Gasteiger partial charge in [0.1, 0.15) is 6.10 Å². The van der Waals surface area contributed by atoms with Crippen molar-refractivity contribution in [3.63, 3.8) is 0 Å². The molecule has 0 bridgehead atoms. The molecule has 0 aromatic rings. The summed E-state index contributed by atoms with van der Waals surface area (Å²) in [6, 6.07) is 0. The number of carbonyl (C=O) groups excluding carboxylic acids is 2. The molecule has 1 rings (SSSR count). The van der Waals surface area contributed by atoms with Crippen LogP contribution in [0.3, 0.4) is 0 Å². The van der Waals surface area contributed by atoms with Crippen LogP contribution in [-0.4, -0.2) is 46.3 Å². The van der Waals surface area contributed by atoms with E-state index in [9.17, 15) is 14.2 Å². The van der Waals surface area contributed by atoms with E-state index in [2.05, 4.69) is 4.52 Å². The summed E-state index contributed by atoms with van der Waals surface area (Å²) in [6.45, 7) is 3.87. The number of phosphoric ester groups is 1. The van der Waals surface area contributed by atoms with Crippen molar-refractivity contribution in [3.8, 4) is 0 Å². The summed E-state index contributed by atoms with van der Waals surface area (Å²) in [7, 11) is -4.74. The second-order valence-electron chi connectivity index (χ2n) is 4.32. The minimum absolute atomic E-state index is 0.160. The molecule has 2 N–H and O–H groups in total. The van der Waals surface area contributed by atoms with E-state index in [1.165, 1.54) is 20.8 Å². The van der Waals surface area contributed by atoms with E-state index in [1.807, 2.05) is 0 Å². The number of hydrogen-bond donors (Lipinski definition) is 2. The number of esters is 2. The zero-order valence-corrected chi connectivity index (χ0v) is 12.1. The molecule has 0 unspecified atom stereocenters. The van der Waals surface area contributed by atoms with Gasteiger partial charge in [0.15, 0.2) is 12.4 Å². The third-order valence-electron chi connectivity index (χ3n) is 2.49. The number of hydrogen-bond acceptors (Lipinski definition) is 7. The highest BCUT2D eigenvalue weighted by Crippen LogP contribution is 2.41. The molecule has 0 amide bonds. The van der Waals surface area contributed by atoms with Crippen molar-refractivity contribution in [1.29, 1.82) is 0 Å². The van der Waals surface area contributed by atoms with E-state index >= 15 is 0 Å². The van der Waals surface area contributed by atoms with Crippen molar-refractivity contribution in [2.24, 2.45) is 0 Å². The molecule has 4 atom stereocenters. The van der Waals surface area contributed by atoms with Crippen LogP contribution in [0, 0.1) is 0 Å². The Kier molecular flexibility index (Phi) is 5.67. The van der Waals surface area contributed by atoms with Crippen LogP contribution in [0.5, 0.6) is 0 Å². The molecule has 1 fully saturated rings. The standard InChI is InChI=1S/C10H17O9P/c1-5-10(18-7(3)12)8(17-6(2)11)4-9(16-5)19-20(13,14)15/h5,8-10H,4H2,1-3H3,(H2,13,14,15)/t5-,8-,9-,10+/m0/s1. The summed E-state index contributed by atoms with van der Waals surface area (Å²) in [5.74, 6) is -1.20. The monoisotopic (exact) mass is 312 g/mol. The molecule has 1 heterocycles. The third-order valence-corrected chi connectivity index (χ3v) is 3.00. The Balaban J connectivity index is 2.81. The van der Waals surface area contributed by atoms with E-state index in [-0.39, 0.29) is 6.42 Å². The summed E-state index contributed by atoms with van der Waals surface area (Å²) in [6.07, 6.45) is -3.95. The predicted octanol–water partition coefficient (Wildman–Crippen LogP) is 0.0940. The second-order valence-corrected chi connectivity index (χ2v) is 5.52. The van der Waals surface area contributed by atoms with Gasteiger partial charge in [0.05, 0.1) is 6.10 Å². The molecule has 0 spiro atoms. The van der Waals surface area contributed by atoms with Crippen LogP contribution in [0.4, 0.5) is 0 Å². The molecule has 116 valence electrons. The molecule has 1 aliphatic heterocycles. The Bertz CT molecular complexity index is 417. The van der Waals surface area contributed by atoms with Crippen LogP contribution >= 0.6 is 7.82 Å². The number of carbonyl (C=O) groups is 2. The van der Waals surface area contributed by atoms with Gasteiger partial charge in [-0.1, -0.05) is 0 Å². The minimum Gasteiger partial charge on any atom is -0.458 e. The van der Waals surface area contributed by atoms with Gasteiger partial charge >= 0.3 is 19.8 Å². The van der Waals surface area contributed by atoms with Crippen LogP contribution < -0.4 is 0 Å². The summed E-state index contributed by atoms with van der Waals surface area (Å²) in [5, 5.41) is 0. The van der Waals surface area contributed by atoms with Crippen LogP contribution in [0.15, 0.2) is 0 Å². The Morgan fingerprint density at radius 3 is 2.20 bits per heavy atom. The molecular weight excluding hydrogens is 295 g/mol. The molecule has 0 aliphatic carbocycles. The van der Waals surface area contributed by atoms with Crippen molar-refractivity contribution in [2.75, 3.05) is 0 Å². The summed E-state index contributed by atoms with van der Waals surface area (Å²) in [4.78, 5) is 39.6. The van der Waals surface area contributed by atoms with Gasteiger partial charge in [-0.15, -0.1) is 0 Å². The first kappa shape index (κ1) is 17.1. The maximum absolute atomic E-state index is 11.0. The Morgan fingerprint density at radius 2 is 1.75 bits per heavy atom.